The van der Waals surface area contributed by atoms with Gasteiger partial charge in [0.05, 0.1) is 11.3 Å². The summed E-state index contributed by atoms with van der Waals surface area (Å²) in [6.45, 7) is 1.86. The first-order valence-corrected chi connectivity index (χ1v) is 10.9. The molecule has 2 N–H and O–H groups in total. The van der Waals surface area contributed by atoms with Crippen LogP contribution >= 0.6 is 38.9 Å². The van der Waals surface area contributed by atoms with E-state index in [1.807, 2.05) is 12.3 Å². The Morgan fingerprint density at radius 2 is 1.93 bits per heavy atom. The molecule has 4 rings (SSSR count). The fourth-order valence-corrected chi connectivity index (χ4v) is 4.67. The number of amides is 1. The van der Waals surface area contributed by atoms with Gasteiger partial charge in [0.1, 0.15) is 17.6 Å². The maximum atomic E-state index is 13.0. The van der Waals surface area contributed by atoms with E-state index in [-0.39, 0.29) is 22.8 Å². The molecule has 5 nitrogen and oxygen atoms in total. The van der Waals surface area contributed by atoms with Gasteiger partial charge in [-0.15, -0.1) is 11.3 Å². The predicted octanol–water partition coefficient (Wildman–Crippen LogP) is 5.80. The van der Waals surface area contributed by atoms with Crippen molar-refractivity contribution in [3.05, 3.63) is 85.0 Å². The van der Waals surface area contributed by atoms with Gasteiger partial charge in [-0.05, 0) is 54.3 Å². The molecule has 1 amide bonds. The lowest BCUT2D eigenvalue weighted by Crippen LogP contribution is -2.29. The smallest absolute Gasteiger partial charge is 0.300 e. The number of rotatable bonds is 3. The van der Waals surface area contributed by atoms with Crippen LogP contribution in [-0.4, -0.2) is 21.9 Å². The summed E-state index contributed by atoms with van der Waals surface area (Å²) in [6.07, 6.45) is 0. The SMILES string of the molecule is Cc1cc(/C(O)=C2/C(=O)C(=O)N(c3cc(Cl)ccc3O)C2c2cccs2)ccc1Br. The van der Waals surface area contributed by atoms with E-state index in [0.717, 1.165) is 10.0 Å². The minimum atomic E-state index is -0.890. The summed E-state index contributed by atoms with van der Waals surface area (Å²) in [5.41, 5.74) is 1.36. The van der Waals surface area contributed by atoms with Crippen molar-refractivity contribution < 1.29 is 19.8 Å². The normalized spacial score (nSPS) is 18.2. The Bertz CT molecular complexity index is 1210. The molecule has 8 heteroatoms. The number of halogens is 2. The van der Waals surface area contributed by atoms with Gasteiger partial charge in [-0.25, -0.2) is 0 Å². The number of hydrogen-bond acceptors (Lipinski definition) is 5. The highest BCUT2D eigenvalue weighted by Gasteiger charge is 2.48. The molecule has 152 valence electrons. The van der Waals surface area contributed by atoms with E-state index >= 15 is 0 Å². The van der Waals surface area contributed by atoms with Gasteiger partial charge in [-0.1, -0.05) is 39.7 Å². The van der Waals surface area contributed by atoms with Crippen LogP contribution in [0.2, 0.25) is 5.02 Å². The summed E-state index contributed by atoms with van der Waals surface area (Å²) >= 11 is 10.8. The molecule has 1 aliphatic rings. The second-order valence-electron chi connectivity index (χ2n) is 6.78. The molecule has 1 unspecified atom stereocenters. The van der Waals surface area contributed by atoms with Crippen molar-refractivity contribution in [1.82, 2.24) is 0 Å². The van der Waals surface area contributed by atoms with E-state index in [1.165, 1.54) is 34.4 Å². The fraction of sp³-hybridized carbons (Fsp3) is 0.0909. The number of carbonyl (C=O) groups excluding carboxylic acids is 2. The molecule has 0 spiro atoms. The van der Waals surface area contributed by atoms with E-state index in [1.54, 1.807) is 30.3 Å². The Kier molecular flexibility index (Phi) is 5.44. The van der Waals surface area contributed by atoms with Gasteiger partial charge in [-0.2, -0.15) is 0 Å². The number of hydrogen-bond donors (Lipinski definition) is 2. The standard InChI is InChI=1S/C22H15BrClNO4S/c1-11-9-12(4-6-14(11)23)20(27)18-19(17-3-2-8-30-17)25(22(29)21(18)28)15-10-13(24)5-7-16(15)26/h2-10,19,26-27H,1H3/b20-18-. The number of Topliss-reactive ketones (excluding diaryl/α,β-unsaturated/α-hetero) is 1. The van der Waals surface area contributed by atoms with Crippen LogP contribution in [0.4, 0.5) is 5.69 Å². The summed E-state index contributed by atoms with van der Waals surface area (Å²) in [7, 11) is 0. The molecule has 1 fully saturated rings. The first-order chi connectivity index (χ1) is 14.3. The number of anilines is 1. The van der Waals surface area contributed by atoms with Crippen LogP contribution in [0.15, 0.2) is 64.0 Å². The maximum Gasteiger partial charge on any atom is 0.300 e. The van der Waals surface area contributed by atoms with Crippen molar-refractivity contribution in [2.45, 2.75) is 13.0 Å². The quantitative estimate of drug-likeness (QED) is 0.268. The van der Waals surface area contributed by atoms with Crippen LogP contribution in [0.1, 0.15) is 22.0 Å². The van der Waals surface area contributed by atoms with E-state index in [0.29, 0.717) is 15.5 Å². The Hall–Kier alpha value is -2.61. The Labute approximate surface area is 190 Å². The third-order valence-corrected chi connectivity index (χ3v) is 6.94. The van der Waals surface area contributed by atoms with Crippen molar-refractivity contribution in [2.75, 3.05) is 4.90 Å². The van der Waals surface area contributed by atoms with Gasteiger partial charge < -0.3 is 10.2 Å². The molecule has 0 radical (unpaired) electrons. The summed E-state index contributed by atoms with van der Waals surface area (Å²) in [5.74, 6) is -2.14. The minimum Gasteiger partial charge on any atom is -0.507 e. The topological polar surface area (TPSA) is 77.8 Å². The molecule has 2 heterocycles. The predicted molar refractivity (Wildman–Crippen MR) is 121 cm³/mol. The molecule has 2 aromatic carbocycles. The average Bonchev–Trinajstić information content (AvgIpc) is 3.33. The van der Waals surface area contributed by atoms with Crippen molar-refractivity contribution >= 4 is 62.0 Å². The number of aryl methyl sites for hydroxylation is 1. The maximum absolute atomic E-state index is 13.0. The zero-order valence-corrected chi connectivity index (χ0v) is 18.8. The van der Waals surface area contributed by atoms with Crippen LogP contribution in [0.3, 0.4) is 0 Å². The number of ketones is 1. The molecular weight excluding hydrogens is 490 g/mol. The van der Waals surface area contributed by atoms with E-state index < -0.39 is 17.7 Å². The lowest BCUT2D eigenvalue weighted by Gasteiger charge is -2.25. The lowest BCUT2D eigenvalue weighted by molar-refractivity contribution is -0.132. The Balaban J connectivity index is 1.96. The number of phenols is 1. The number of benzene rings is 2. The first-order valence-electron chi connectivity index (χ1n) is 8.89. The second kappa shape index (κ2) is 7.91. The van der Waals surface area contributed by atoms with E-state index in [9.17, 15) is 19.8 Å². The number of aliphatic hydroxyl groups excluding tert-OH is 1. The van der Waals surface area contributed by atoms with Crippen LogP contribution in [0, 0.1) is 6.92 Å². The summed E-state index contributed by atoms with van der Waals surface area (Å²) in [4.78, 5) is 27.9. The van der Waals surface area contributed by atoms with Gasteiger partial charge >= 0.3 is 0 Å². The number of aliphatic hydroxyl groups is 1. The van der Waals surface area contributed by atoms with E-state index in [4.69, 9.17) is 11.6 Å². The van der Waals surface area contributed by atoms with Gasteiger partial charge in [0.2, 0.25) is 0 Å². The fourth-order valence-electron chi connectivity index (χ4n) is 3.43. The van der Waals surface area contributed by atoms with Crippen molar-refractivity contribution in [2.24, 2.45) is 0 Å². The molecule has 3 aromatic rings. The molecule has 0 saturated carbocycles. The van der Waals surface area contributed by atoms with Crippen molar-refractivity contribution in [1.29, 1.82) is 0 Å². The molecule has 1 atom stereocenters. The number of nitrogens with zero attached hydrogens (tertiary/aromatic N) is 1. The van der Waals surface area contributed by atoms with Crippen molar-refractivity contribution in [3.63, 3.8) is 0 Å². The molecule has 1 aromatic heterocycles. The van der Waals surface area contributed by atoms with Crippen LogP contribution in [0.25, 0.3) is 5.76 Å². The number of aromatic hydroxyl groups is 1. The second-order valence-corrected chi connectivity index (χ2v) is 9.05. The monoisotopic (exact) mass is 503 g/mol. The van der Waals surface area contributed by atoms with Crippen LogP contribution in [-0.2, 0) is 9.59 Å². The third kappa shape index (κ3) is 3.43. The summed E-state index contributed by atoms with van der Waals surface area (Å²) < 4.78 is 0.859. The van der Waals surface area contributed by atoms with Gasteiger partial charge in [0.25, 0.3) is 11.7 Å². The van der Waals surface area contributed by atoms with Gasteiger partial charge in [0, 0.05) is 19.9 Å². The highest BCUT2D eigenvalue weighted by Crippen LogP contribution is 2.46. The Morgan fingerprint density at radius 1 is 1.17 bits per heavy atom. The number of thiophene rings is 1. The number of carbonyl (C=O) groups is 2. The molecular formula is C22H15BrClNO4S. The first kappa shape index (κ1) is 20.7. The third-order valence-electron chi connectivity index (χ3n) is 4.89. The molecule has 30 heavy (non-hydrogen) atoms. The van der Waals surface area contributed by atoms with Gasteiger partial charge in [-0.3, -0.25) is 14.5 Å². The summed E-state index contributed by atoms with van der Waals surface area (Å²) in [5, 5.41) is 23.6. The molecule has 0 aliphatic carbocycles. The van der Waals surface area contributed by atoms with E-state index in [2.05, 4.69) is 15.9 Å². The molecule has 0 bridgehead atoms. The van der Waals surface area contributed by atoms with Gasteiger partial charge in [0.15, 0.2) is 0 Å². The lowest BCUT2D eigenvalue weighted by atomic mass is 9.99. The summed E-state index contributed by atoms with van der Waals surface area (Å²) in [6, 6.07) is 12.1. The minimum absolute atomic E-state index is 0.0384. The Morgan fingerprint density at radius 3 is 2.60 bits per heavy atom. The largest absolute Gasteiger partial charge is 0.507 e. The zero-order valence-electron chi connectivity index (χ0n) is 15.6. The zero-order chi connectivity index (χ0) is 21.6. The van der Waals surface area contributed by atoms with Crippen LogP contribution in [0.5, 0.6) is 5.75 Å². The molecule has 1 aliphatic heterocycles. The highest BCUT2D eigenvalue weighted by molar-refractivity contribution is 9.10. The number of phenolic OH excluding ortho intramolecular Hbond substituents is 1. The average molecular weight is 505 g/mol. The van der Waals surface area contributed by atoms with Crippen LogP contribution < -0.4 is 4.90 Å². The van der Waals surface area contributed by atoms with Crippen molar-refractivity contribution in [3.8, 4) is 5.75 Å². The highest BCUT2D eigenvalue weighted by atomic mass is 79.9. The molecule has 1 saturated heterocycles.